The molecule has 33 heavy (non-hydrogen) atoms. The Morgan fingerprint density at radius 2 is 1.97 bits per heavy atom. The fourth-order valence-electron chi connectivity index (χ4n) is 4.76. The zero-order chi connectivity index (χ0) is 22.9. The molecule has 0 saturated heterocycles. The minimum absolute atomic E-state index is 0.0278. The molecule has 0 aliphatic carbocycles. The summed E-state index contributed by atoms with van der Waals surface area (Å²) in [5.74, 6) is -0.127. The summed E-state index contributed by atoms with van der Waals surface area (Å²) >= 11 is 6.40. The Morgan fingerprint density at radius 1 is 1.09 bits per heavy atom. The molecule has 0 unspecified atom stereocenters. The predicted octanol–water partition coefficient (Wildman–Crippen LogP) is 4.50. The topological polar surface area (TPSA) is 65.5 Å². The Morgan fingerprint density at radius 3 is 2.79 bits per heavy atom. The number of hydrogen-bond donors (Lipinski definition) is 1. The third-order valence-electron chi connectivity index (χ3n) is 6.36. The van der Waals surface area contributed by atoms with E-state index >= 15 is 0 Å². The van der Waals surface area contributed by atoms with Crippen molar-refractivity contribution in [3.8, 4) is 0 Å². The fraction of sp³-hybridized carbons (Fsp3) is 0.269. The highest BCUT2D eigenvalue weighted by Gasteiger charge is 2.26. The molecule has 0 fully saturated rings. The summed E-state index contributed by atoms with van der Waals surface area (Å²) in [4.78, 5) is 34.2. The Labute approximate surface area is 198 Å². The van der Waals surface area contributed by atoms with Crippen LogP contribution in [0.5, 0.6) is 0 Å². The van der Waals surface area contributed by atoms with E-state index in [-0.39, 0.29) is 18.2 Å². The molecule has 168 valence electrons. The van der Waals surface area contributed by atoms with Gasteiger partial charge in [-0.15, -0.1) is 0 Å². The lowest BCUT2D eigenvalue weighted by molar-refractivity contribution is -0.117. The van der Waals surface area contributed by atoms with E-state index in [4.69, 9.17) is 11.6 Å². The van der Waals surface area contributed by atoms with Crippen molar-refractivity contribution in [2.75, 3.05) is 35.3 Å². The van der Waals surface area contributed by atoms with Crippen molar-refractivity contribution in [2.24, 2.45) is 0 Å². The average Bonchev–Trinajstić information content (AvgIpc) is 3.24. The van der Waals surface area contributed by atoms with Crippen molar-refractivity contribution in [1.82, 2.24) is 4.98 Å². The van der Waals surface area contributed by atoms with Crippen molar-refractivity contribution < 1.29 is 9.59 Å². The third kappa shape index (κ3) is 4.18. The van der Waals surface area contributed by atoms with Gasteiger partial charge in [0.2, 0.25) is 5.91 Å². The van der Waals surface area contributed by atoms with Crippen LogP contribution in [0.1, 0.15) is 33.6 Å². The van der Waals surface area contributed by atoms with Crippen molar-refractivity contribution in [1.29, 1.82) is 0 Å². The number of amides is 2. The molecule has 2 aliphatic rings. The van der Waals surface area contributed by atoms with Gasteiger partial charge in [0.25, 0.3) is 5.91 Å². The molecule has 3 heterocycles. The molecule has 6 nitrogen and oxygen atoms in total. The van der Waals surface area contributed by atoms with Gasteiger partial charge in [-0.2, -0.15) is 0 Å². The van der Waals surface area contributed by atoms with Gasteiger partial charge in [-0.3, -0.25) is 14.6 Å². The Balaban J connectivity index is 1.34. The summed E-state index contributed by atoms with van der Waals surface area (Å²) in [6.07, 6.45) is 4.63. The van der Waals surface area contributed by atoms with Crippen LogP contribution >= 0.6 is 11.6 Å². The van der Waals surface area contributed by atoms with E-state index in [1.54, 1.807) is 17.2 Å². The van der Waals surface area contributed by atoms with Gasteiger partial charge in [0.15, 0.2) is 0 Å². The number of nitrogens with one attached hydrogen (secondary N) is 1. The number of benzene rings is 2. The van der Waals surface area contributed by atoms with E-state index in [2.05, 4.69) is 15.2 Å². The van der Waals surface area contributed by atoms with Gasteiger partial charge in [0.1, 0.15) is 0 Å². The lowest BCUT2D eigenvalue weighted by Gasteiger charge is -2.30. The molecular weight excluding hydrogens is 436 g/mol. The SMILES string of the molecule is CN1CCCc2c(Cl)ccc(C(=O)Nc3ccc4c(c3)CCN4C(=O)Cc3ccccn3)c21. The number of aromatic nitrogens is 1. The first kappa shape index (κ1) is 21.5. The largest absolute Gasteiger partial charge is 0.374 e. The Kier molecular flexibility index (Phi) is 5.77. The van der Waals surface area contributed by atoms with Crippen LogP contribution < -0.4 is 15.1 Å². The molecule has 1 N–H and O–H groups in total. The predicted molar refractivity (Wildman–Crippen MR) is 131 cm³/mol. The molecular formula is C26H25ClN4O2. The van der Waals surface area contributed by atoms with Crippen LogP contribution in [0.3, 0.4) is 0 Å². The summed E-state index contributed by atoms with van der Waals surface area (Å²) in [7, 11) is 2.00. The smallest absolute Gasteiger partial charge is 0.257 e. The number of fused-ring (bicyclic) bond motifs is 2. The van der Waals surface area contributed by atoms with E-state index in [1.165, 1.54) is 0 Å². The molecule has 0 saturated carbocycles. The first-order valence-electron chi connectivity index (χ1n) is 11.2. The maximum Gasteiger partial charge on any atom is 0.257 e. The summed E-state index contributed by atoms with van der Waals surface area (Å²) in [5.41, 5.74) is 6.02. The minimum Gasteiger partial charge on any atom is -0.374 e. The molecule has 0 bridgehead atoms. The highest BCUT2D eigenvalue weighted by Crippen LogP contribution is 2.36. The fourth-order valence-corrected chi connectivity index (χ4v) is 5.01. The van der Waals surface area contributed by atoms with Gasteiger partial charge in [-0.25, -0.2) is 0 Å². The highest BCUT2D eigenvalue weighted by molar-refractivity contribution is 6.32. The van der Waals surface area contributed by atoms with E-state index < -0.39 is 0 Å². The third-order valence-corrected chi connectivity index (χ3v) is 6.72. The zero-order valence-electron chi connectivity index (χ0n) is 18.5. The van der Waals surface area contributed by atoms with E-state index in [1.807, 2.05) is 49.5 Å². The number of pyridine rings is 1. The maximum atomic E-state index is 13.2. The number of halogens is 1. The standard InChI is InChI=1S/C26H25ClN4O2/c1-30-13-4-6-20-22(27)9-8-21(25(20)30)26(33)29-19-7-10-23-17(15-19)11-14-31(23)24(32)16-18-5-2-3-12-28-18/h2-3,5,7-10,12,15H,4,6,11,13-14,16H2,1H3,(H,29,33). The molecule has 1 aromatic heterocycles. The van der Waals surface area contributed by atoms with Crippen LogP contribution in [0, 0.1) is 0 Å². The quantitative estimate of drug-likeness (QED) is 0.622. The van der Waals surface area contributed by atoms with Crippen molar-refractivity contribution in [3.05, 3.63) is 82.1 Å². The molecule has 0 atom stereocenters. The van der Waals surface area contributed by atoms with Gasteiger partial charge in [-0.1, -0.05) is 17.7 Å². The molecule has 0 radical (unpaired) electrons. The van der Waals surface area contributed by atoms with Gasteiger partial charge in [0, 0.05) is 48.4 Å². The van der Waals surface area contributed by atoms with Crippen LogP contribution in [-0.4, -0.2) is 36.9 Å². The molecule has 7 heteroatoms. The summed E-state index contributed by atoms with van der Waals surface area (Å²) in [6, 6.07) is 14.9. The van der Waals surface area contributed by atoms with Crippen molar-refractivity contribution >= 4 is 40.5 Å². The second kappa shape index (κ2) is 8.87. The number of rotatable bonds is 4. The van der Waals surface area contributed by atoms with Crippen LogP contribution in [0.15, 0.2) is 54.7 Å². The highest BCUT2D eigenvalue weighted by atomic mass is 35.5. The molecule has 3 aromatic rings. The Bertz CT molecular complexity index is 1230. The van der Waals surface area contributed by atoms with E-state index in [0.29, 0.717) is 17.1 Å². The minimum atomic E-state index is -0.155. The second-order valence-corrected chi connectivity index (χ2v) is 8.95. The number of hydrogen-bond acceptors (Lipinski definition) is 4. The molecule has 5 rings (SSSR count). The number of carbonyl (C=O) groups excluding carboxylic acids is 2. The lowest BCUT2D eigenvalue weighted by atomic mass is 9.97. The van der Waals surface area contributed by atoms with E-state index in [0.717, 1.165) is 59.7 Å². The van der Waals surface area contributed by atoms with Gasteiger partial charge < -0.3 is 15.1 Å². The number of anilines is 3. The van der Waals surface area contributed by atoms with Gasteiger partial charge in [-0.05, 0) is 72.9 Å². The number of nitrogens with zero attached hydrogens (tertiary/aromatic N) is 3. The normalized spacial score (nSPS) is 14.6. The maximum absolute atomic E-state index is 13.2. The van der Waals surface area contributed by atoms with Crippen LogP contribution in [-0.2, 0) is 24.1 Å². The lowest BCUT2D eigenvalue weighted by Crippen LogP contribution is -2.30. The van der Waals surface area contributed by atoms with E-state index in [9.17, 15) is 9.59 Å². The summed E-state index contributed by atoms with van der Waals surface area (Å²) in [5, 5.41) is 3.75. The average molecular weight is 461 g/mol. The van der Waals surface area contributed by atoms with Gasteiger partial charge >= 0.3 is 0 Å². The molecule has 2 aromatic carbocycles. The van der Waals surface area contributed by atoms with Crippen LogP contribution in [0.2, 0.25) is 5.02 Å². The van der Waals surface area contributed by atoms with Crippen LogP contribution in [0.25, 0.3) is 0 Å². The van der Waals surface area contributed by atoms with Crippen molar-refractivity contribution in [3.63, 3.8) is 0 Å². The first-order chi connectivity index (χ1) is 16.0. The Hall–Kier alpha value is -3.38. The second-order valence-electron chi connectivity index (χ2n) is 8.54. The molecule has 2 amide bonds. The zero-order valence-corrected chi connectivity index (χ0v) is 19.2. The molecule has 2 aliphatic heterocycles. The summed E-state index contributed by atoms with van der Waals surface area (Å²) in [6.45, 7) is 1.53. The number of carbonyl (C=O) groups is 2. The van der Waals surface area contributed by atoms with Crippen LogP contribution in [0.4, 0.5) is 17.1 Å². The first-order valence-corrected chi connectivity index (χ1v) is 11.6. The molecule has 0 spiro atoms. The van der Waals surface area contributed by atoms with Crippen molar-refractivity contribution in [2.45, 2.75) is 25.7 Å². The van der Waals surface area contributed by atoms with Gasteiger partial charge in [0.05, 0.1) is 17.7 Å². The monoisotopic (exact) mass is 460 g/mol. The summed E-state index contributed by atoms with van der Waals surface area (Å²) < 4.78 is 0.